The van der Waals surface area contributed by atoms with Crippen LogP contribution in [-0.4, -0.2) is 48.7 Å². The Labute approximate surface area is 169 Å². The van der Waals surface area contributed by atoms with Crippen LogP contribution in [0.3, 0.4) is 0 Å². The molecule has 0 spiro atoms. The minimum atomic E-state index is 0. The van der Waals surface area contributed by atoms with Crippen LogP contribution in [0.4, 0.5) is 0 Å². The van der Waals surface area contributed by atoms with Gasteiger partial charge in [0.25, 0.3) is 0 Å². The van der Waals surface area contributed by atoms with E-state index in [4.69, 9.17) is 0 Å². The van der Waals surface area contributed by atoms with Crippen LogP contribution in [0.5, 0.6) is 5.75 Å². The Morgan fingerprint density at radius 3 is 2.36 bits per heavy atom. The van der Waals surface area contributed by atoms with Gasteiger partial charge in [0.1, 0.15) is 5.75 Å². The van der Waals surface area contributed by atoms with E-state index in [1.54, 1.807) is 0 Å². The van der Waals surface area contributed by atoms with Gasteiger partial charge in [0, 0.05) is 19.6 Å². The zero-order valence-corrected chi connectivity index (χ0v) is 18.1. The lowest BCUT2D eigenvalue weighted by molar-refractivity contribution is 0.232. The van der Waals surface area contributed by atoms with Crippen molar-refractivity contribution in [3.63, 3.8) is 0 Å². The number of piperidine rings is 1. The van der Waals surface area contributed by atoms with Crippen LogP contribution in [-0.2, 0) is 6.54 Å². The second-order valence-corrected chi connectivity index (χ2v) is 6.60. The molecule has 25 heavy (non-hydrogen) atoms. The largest absolute Gasteiger partial charge is 0.507 e. The van der Waals surface area contributed by atoms with E-state index in [2.05, 4.69) is 27.4 Å². The summed E-state index contributed by atoms with van der Waals surface area (Å²) < 4.78 is 0. The highest BCUT2D eigenvalue weighted by atomic mass is 127. The van der Waals surface area contributed by atoms with Crippen molar-refractivity contribution in [1.29, 1.82) is 0 Å². The molecule has 0 aliphatic carbocycles. The van der Waals surface area contributed by atoms with Crippen molar-refractivity contribution in [3.8, 4) is 5.75 Å². The van der Waals surface area contributed by atoms with Crippen molar-refractivity contribution in [2.45, 2.75) is 46.6 Å². The second kappa shape index (κ2) is 11.6. The molecule has 1 aliphatic rings. The molecule has 1 saturated heterocycles. The van der Waals surface area contributed by atoms with E-state index in [1.165, 1.54) is 32.4 Å². The monoisotopic (exact) mass is 460 g/mol. The van der Waals surface area contributed by atoms with Crippen molar-refractivity contribution >= 4 is 29.9 Å². The fourth-order valence-corrected chi connectivity index (χ4v) is 3.16. The molecule has 0 saturated carbocycles. The number of aryl methyl sites for hydroxylation is 2. The summed E-state index contributed by atoms with van der Waals surface area (Å²) in [5, 5.41) is 16.6. The highest BCUT2D eigenvalue weighted by molar-refractivity contribution is 14.0. The Kier molecular flexibility index (Phi) is 10.2. The van der Waals surface area contributed by atoms with Gasteiger partial charge in [-0.3, -0.25) is 0 Å². The van der Waals surface area contributed by atoms with E-state index in [9.17, 15) is 5.11 Å². The maximum Gasteiger partial charge on any atom is 0.191 e. The lowest BCUT2D eigenvalue weighted by Crippen LogP contribution is -2.42. The van der Waals surface area contributed by atoms with Crippen molar-refractivity contribution in [1.82, 2.24) is 15.5 Å². The molecule has 3 N–H and O–H groups in total. The van der Waals surface area contributed by atoms with Gasteiger partial charge in [-0.15, -0.1) is 24.0 Å². The Morgan fingerprint density at radius 2 is 1.76 bits per heavy atom. The Balaban J connectivity index is 0.00000312. The summed E-state index contributed by atoms with van der Waals surface area (Å²) in [4.78, 5) is 7.19. The number of aliphatic imine (C=N–C) groups is 1. The smallest absolute Gasteiger partial charge is 0.191 e. The number of benzene rings is 1. The number of rotatable bonds is 6. The molecule has 5 nitrogen and oxygen atoms in total. The van der Waals surface area contributed by atoms with E-state index < -0.39 is 0 Å². The zero-order valence-electron chi connectivity index (χ0n) is 15.8. The van der Waals surface area contributed by atoms with E-state index in [0.29, 0.717) is 12.3 Å². The molecule has 0 radical (unpaired) electrons. The second-order valence-electron chi connectivity index (χ2n) is 6.60. The first-order valence-electron chi connectivity index (χ1n) is 9.13. The van der Waals surface area contributed by atoms with Crippen LogP contribution in [0.25, 0.3) is 0 Å². The maximum absolute atomic E-state index is 9.87. The summed E-state index contributed by atoms with van der Waals surface area (Å²) in [6.07, 6.45) is 4.03. The molecule has 1 heterocycles. The fraction of sp³-hybridized carbons (Fsp3) is 0.632. The van der Waals surface area contributed by atoms with Gasteiger partial charge in [0.2, 0.25) is 0 Å². The molecule has 1 aromatic rings. The molecule has 0 aromatic heterocycles. The first kappa shape index (κ1) is 22.0. The van der Waals surface area contributed by atoms with Crippen molar-refractivity contribution in [3.05, 3.63) is 28.8 Å². The topological polar surface area (TPSA) is 59.9 Å². The molecule has 1 fully saturated rings. The Morgan fingerprint density at radius 1 is 1.12 bits per heavy atom. The molecule has 2 rings (SSSR count). The minimum absolute atomic E-state index is 0. The van der Waals surface area contributed by atoms with Gasteiger partial charge >= 0.3 is 0 Å². The molecular formula is C19H33IN4O. The highest BCUT2D eigenvalue weighted by Crippen LogP contribution is 2.23. The number of nitrogens with one attached hydrogen (secondary N) is 2. The summed E-state index contributed by atoms with van der Waals surface area (Å²) >= 11 is 0. The Hall–Kier alpha value is -1.02. The first-order chi connectivity index (χ1) is 11.6. The van der Waals surface area contributed by atoms with Crippen LogP contribution in [0.15, 0.2) is 17.1 Å². The molecule has 142 valence electrons. The number of halogens is 1. The lowest BCUT2D eigenvalue weighted by Gasteiger charge is -2.26. The number of guanidine groups is 1. The van der Waals surface area contributed by atoms with E-state index in [1.807, 2.05) is 26.0 Å². The molecule has 0 bridgehead atoms. The van der Waals surface area contributed by atoms with Crippen molar-refractivity contribution < 1.29 is 5.11 Å². The number of nitrogens with zero attached hydrogens (tertiary/aromatic N) is 2. The number of likely N-dealkylation sites (tertiary alicyclic amines) is 1. The van der Waals surface area contributed by atoms with E-state index >= 15 is 0 Å². The van der Waals surface area contributed by atoms with Gasteiger partial charge in [-0.05, 0) is 63.4 Å². The first-order valence-corrected chi connectivity index (χ1v) is 9.13. The van der Waals surface area contributed by atoms with Crippen LogP contribution >= 0.6 is 24.0 Å². The number of aromatic hydroxyl groups is 1. The predicted molar refractivity (Wildman–Crippen MR) is 116 cm³/mol. The average molecular weight is 460 g/mol. The van der Waals surface area contributed by atoms with Gasteiger partial charge in [0.05, 0.1) is 6.54 Å². The molecular weight excluding hydrogens is 427 g/mol. The van der Waals surface area contributed by atoms with Gasteiger partial charge < -0.3 is 20.6 Å². The van der Waals surface area contributed by atoms with Crippen LogP contribution in [0.2, 0.25) is 0 Å². The maximum atomic E-state index is 9.87. The SMILES string of the molecule is CCNC(=NCc1cc(C)c(O)c(C)c1)NCCN1CCCCC1.I. The van der Waals surface area contributed by atoms with Crippen molar-refractivity contribution in [2.75, 3.05) is 32.7 Å². The summed E-state index contributed by atoms with van der Waals surface area (Å²) in [5.41, 5.74) is 2.93. The zero-order chi connectivity index (χ0) is 17.4. The van der Waals surface area contributed by atoms with Gasteiger partial charge in [-0.2, -0.15) is 0 Å². The summed E-state index contributed by atoms with van der Waals surface area (Å²) in [5.74, 6) is 1.24. The standard InChI is InChI=1S/C19H32N4O.HI/c1-4-20-19(21-8-11-23-9-6-5-7-10-23)22-14-17-12-15(2)18(24)16(3)13-17;/h12-13,24H,4-11,14H2,1-3H3,(H2,20,21,22);1H. The normalized spacial score (nSPS) is 15.6. The van der Waals surface area contributed by atoms with E-state index in [-0.39, 0.29) is 24.0 Å². The summed E-state index contributed by atoms with van der Waals surface area (Å²) in [6.45, 7) is 11.8. The minimum Gasteiger partial charge on any atom is -0.507 e. The molecule has 0 unspecified atom stereocenters. The van der Waals surface area contributed by atoms with Crippen LogP contribution in [0, 0.1) is 13.8 Å². The molecule has 1 aliphatic heterocycles. The van der Waals surface area contributed by atoms with Gasteiger partial charge in [0.15, 0.2) is 5.96 Å². The third kappa shape index (κ3) is 7.40. The Bertz CT molecular complexity index is 533. The average Bonchev–Trinajstić information content (AvgIpc) is 2.58. The van der Waals surface area contributed by atoms with Crippen molar-refractivity contribution in [2.24, 2.45) is 4.99 Å². The number of hydrogen-bond acceptors (Lipinski definition) is 3. The number of phenols is 1. The van der Waals surface area contributed by atoms with Gasteiger partial charge in [-0.1, -0.05) is 18.6 Å². The molecule has 0 atom stereocenters. The predicted octanol–water partition coefficient (Wildman–Crippen LogP) is 3.17. The third-order valence-corrected chi connectivity index (χ3v) is 4.48. The third-order valence-electron chi connectivity index (χ3n) is 4.48. The molecule has 6 heteroatoms. The summed E-state index contributed by atoms with van der Waals surface area (Å²) in [7, 11) is 0. The number of phenolic OH excluding ortho intramolecular Hbond substituents is 1. The lowest BCUT2D eigenvalue weighted by atomic mass is 10.1. The molecule has 0 amide bonds. The molecule has 1 aromatic carbocycles. The van der Waals surface area contributed by atoms with Crippen LogP contribution < -0.4 is 10.6 Å². The quantitative estimate of drug-likeness (QED) is 0.347. The van der Waals surface area contributed by atoms with Gasteiger partial charge in [-0.25, -0.2) is 4.99 Å². The fourth-order valence-electron chi connectivity index (χ4n) is 3.16. The summed E-state index contributed by atoms with van der Waals surface area (Å²) in [6, 6.07) is 4.01. The number of hydrogen-bond donors (Lipinski definition) is 3. The van der Waals surface area contributed by atoms with E-state index in [0.717, 1.165) is 42.3 Å². The highest BCUT2D eigenvalue weighted by Gasteiger charge is 2.09. The van der Waals surface area contributed by atoms with Crippen LogP contribution in [0.1, 0.15) is 42.9 Å².